The van der Waals surface area contributed by atoms with Crippen LogP contribution in [0.25, 0.3) is 0 Å². The number of nitrogens with one attached hydrogen (secondary N) is 1. The fraction of sp³-hybridized carbons (Fsp3) is 0.588. The average molecular weight is 626 g/mol. The van der Waals surface area contributed by atoms with E-state index in [1.54, 1.807) is 55.4 Å². The van der Waals surface area contributed by atoms with E-state index in [1.807, 2.05) is 13.8 Å². The molecule has 1 spiro atoms. The van der Waals surface area contributed by atoms with Crippen LogP contribution in [0.2, 0.25) is 0 Å². The first kappa shape index (κ1) is 34.2. The molecule has 3 aliphatic rings. The lowest BCUT2D eigenvalue weighted by molar-refractivity contribution is -0.159. The van der Waals surface area contributed by atoms with E-state index in [2.05, 4.69) is 18.5 Å². The van der Waals surface area contributed by atoms with Crippen molar-refractivity contribution in [3.63, 3.8) is 0 Å². The molecule has 0 aliphatic carbocycles. The third-order valence-corrected chi connectivity index (χ3v) is 9.03. The van der Waals surface area contributed by atoms with E-state index in [1.165, 1.54) is 4.90 Å². The summed E-state index contributed by atoms with van der Waals surface area (Å²) >= 11 is 0. The molecular formula is C34H47N3O8. The minimum Gasteiger partial charge on any atom is -0.497 e. The van der Waals surface area contributed by atoms with E-state index in [-0.39, 0.29) is 43.8 Å². The highest BCUT2D eigenvalue weighted by molar-refractivity contribution is 6.04. The molecule has 3 heterocycles. The summed E-state index contributed by atoms with van der Waals surface area (Å²) in [5.41, 5.74) is -0.675. The number of likely N-dealkylation sites (tertiary alicyclic amines) is 1. The Morgan fingerprint density at radius 3 is 2.51 bits per heavy atom. The molecule has 0 unspecified atom stereocenters. The molecule has 0 aromatic heterocycles. The van der Waals surface area contributed by atoms with Gasteiger partial charge in [-0.05, 0) is 62.8 Å². The number of nitrogens with zero attached hydrogens (tertiary/aromatic N) is 2. The van der Waals surface area contributed by atoms with E-state index in [4.69, 9.17) is 14.2 Å². The van der Waals surface area contributed by atoms with Crippen molar-refractivity contribution in [2.24, 2.45) is 17.8 Å². The molecule has 1 aromatic rings. The van der Waals surface area contributed by atoms with Gasteiger partial charge >= 0.3 is 5.97 Å². The number of aliphatic hydroxyl groups excluding tert-OH is 1. The minimum atomic E-state index is -1.26. The zero-order valence-electron chi connectivity index (χ0n) is 26.8. The second kappa shape index (κ2) is 14.6. The number of methoxy groups -OCH3 is 1. The monoisotopic (exact) mass is 625 g/mol. The molecule has 3 saturated heterocycles. The number of ether oxygens (including phenoxy) is 3. The number of hydrogen-bond donors (Lipinski definition) is 2. The minimum absolute atomic E-state index is 0.120. The Morgan fingerprint density at radius 1 is 1.20 bits per heavy atom. The summed E-state index contributed by atoms with van der Waals surface area (Å²) in [6.45, 7) is 13.1. The Kier molecular flexibility index (Phi) is 11.1. The summed E-state index contributed by atoms with van der Waals surface area (Å²) in [6, 6.07) is 5.30. The zero-order chi connectivity index (χ0) is 32.9. The maximum absolute atomic E-state index is 14.7. The Morgan fingerprint density at radius 2 is 1.91 bits per heavy atom. The summed E-state index contributed by atoms with van der Waals surface area (Å²) in [5, 5.41) is 13.3. The number of amides is 3. The van der Waals surface area contributed by atoms with Crippen LogP contribution in [-0.2, 0) is 28.7 Å². The molecular weight excluding hydrogens is 578 g/mol. The molecule has 11 heteroatoms. The van der Waals surface area contributed by atoms with Crippen LogP contribution in [0.1, 0.15) is 52.9 Å². The first-order valence-corrected chi connectivity index (χ1v) is 15.8. The number of carbonyl (C=O) groups excluding carboxylic acids is 4. The predicted molar refractivity (Wildman–Crippen MR) is 168 cm³/mol. The molecule has 4 rings (SSSR count). The largest absolute Gasteiger partial charge is 0.497 e. The lowest BCUT2D eigenvalue weighted by Gasteiger charge is -2.39. The smallest absolute Gasteiger partial charge is 0.312 e. The van der Waals surface area contributed by atoms with Crippen LogP contribution in [0.4, 0.5) is 5.69 Å². The standard InChI is InChI=1S/C34H47N3O8/c1-7-9-10-27(39)35-19-22(5)44-33(42)28-26-15-16-34(45-26)29(28)31(40)37(24(20-38)18-21(3)4)30(34)32(41)36(17-8-2)23-11-13-25(43-6)14-12-23/h7-8,11-14,21-22,24,26,28-30,38H,1-2,9-10,15-20H2,3-6H3,(H,35,39)/t22-,24-,26-,28+,29+,30-,34+/m1/s1. The quantitative estimate of drug-likeness (QED) is 0.212. The van der Waals surface area contributed by atoms with Crippen LogP contribution in [-0.4, -0.2) is 90.4 Å². The van der Waals surface area contributed by atoms with Crippen molar-refractivity contribution in [2.75, 3.05) is 31.7 Å². The van der Waals surface area contributed by atoms with Gasteiger partial charge < -0.3 is 34.4 Å². The summed E-state index contributed by atoms with van der Waals surface area (Å²) in [6.07, 6.45) is 4.20. The van der Waals surface area contributed by atoms with Crippen molar-refractivity contribution in [1.82, 2.24) is 10.2 Å². The lowest BCUT2D eigenvalue weighted by Crippen LogP contribution is -2.59. The zero-order valence-corrected chi connectivity index (χ0v) is 26.8. The molecule has 2 bridgehead atoms. The molecule has 0 radical (unpaired) electrons. The van der Waals surface area contributed by atoms with Crippen LogP contribution in [0, 0.1) is 17.8 Å². The van der Waals surface area contributed by atoms with E-state index < -0.39 is 53.6 Å². The second-order valence-electron chi connectivity index (χ2n) is 12.6. The molecule has 1 aromatic carbocycles. The fourth-order valence-electron chi connectivity index (χ4n) is 7.11. The van der Waals surface area contributed by atoms with Crippen LogP contribution in [0.5, 0.6) is 5.75 Å². The molecule has 3 fully saturated rings. The highest BCUT2D eigenvalue weighted by Crippen LogP contribution is 2.59. The normalized spacial score (nSPS) is 26.3. The number of anilines is 1. The third-order valence-electron chi connectivity index (χ3n) is 9.03. The van der Waals surface area contributed by atoms with Gasteiger partial charge in [-0.15, -0.1) is 13.2 Å². The van der Waals surface area contributed by atoms with Crippen molar-refractivity contribution in [2.45, 2.75) is 82.8 Å². The Balaban J connectivity index is 1.66. The summed E-state index contributed by atoms with van der Waals surface area (Å²) in [7, 11) is 1.56. The number of hydrogen-bond acceptors (Lipinski definition) is 8. The summed E-state index contributed by atoms with van der Waals surface area (Å²) < 4.78 is 17.6. The summed E-state index contributed by atoms with van der Waals surface area (Å²) in [5.74, 6) is -2.66. The second-order valence-corrected chi connectivity index (χ2v) is 12.6. The van der Waals surface area contributed by atoms with Gasteiger partial charge in [-0.2, -0.15) is 0 Å². The third kappa shape index (κ3) is 6.79. The van der Waals surface area contributed by atoms with Crippen molar-refractivity contribution >= 4 is 29.4 Å². The molecule has 3 amide bonds. The highest BCUT2D eigenvalue weighted by Gasteiger charge is 2.75. The number of benzene rings is 1. The van der Waals surface area contributed by atoms with Crippen LogP contribution >= 0.6 is 0 Å². The van der Waals surface area contributed by atoms with Gasteiger partial charge in [0.05, 0.1) is 44.2 Å². The van der Waals surface area contributed by atoms with E-state index in [0.29, 0.717) is 37.1 Å². The molecule has 7 atom stereocenters. The number of esters is 1. The number of allylic oxidation sites excluding steroid dienone is 1. The first-order valence-electron chi connectivity index (χ1n) is 15.8. The fourth-order valence-corrected chi connectivity index (χ4v) is 7.11. The van der Waals surface area contributed by atoms with Crippen molar-refractivity contribution in [3.05, 3.63) is 49.6 Å². The van der Waals surface area contributed by atoms with Gasteiger partial charge in [0, 0.05) is 18.7 Å². The van der Waals surface area contributed by atoms with Gasteiger partial charge in [-0.1, -0.05) is 26.0 Å². The van der Waals surface area contributed by atoms with Gasteiger partial charge in [0.1, 0.15) is 23.5 Å². The average Bonchev–Trinajstić information content (AvgIpc) is 3.67. The molecule has 45 heavy (non-hydrogen) atoms. The Hall–Kier alpha value is -3.70. The summed E-state index contributed by atoms with van der Waals surface area (Å²) in [4.78, 5) is 57.9. The highest BCUT2D eigenvalue weighted by atomic mass is 16.6. The number of aliphatic hydroxyl groups is 1. The molecule has 246 valence electrons. The predicted octanol–water partition coefficient (Wildman–Crippen LogP) is 3.01. The topological polar surface area (TPSA) is 135 Å². The van der Waals surface area contributed by atoms with E-state index >= 15 is 0 Å². The van der Waals surface area contributed by atoms with Crippen LogP contribution in [0.15, 0.2) is 49.6 Å². The maximum atomic E-state index is 14.7. The van der Waals surface area contributed by atoms with Crippen molar-refractivity contribution < 1.29 is 38.5 Å². The molecule has 11 nitrogen and oxygen atoms in total. The van der Waals surface area contributed by atoms with Crippen LogP contribution < -0.4 is 15.0 Å². The molecule has 0 saturated carbocycles. The van der Waals surface area contributed by atoms with E-state index in [0.717, 1.165) is 0 Å². The first-order chi connectivity index (χ1) is 21.5. The number of rotatable bonds is 16. The number of fused-ring (bicyclic) bond motifs is 1. The van der Waals surface area contributed by atoms with E-state index in [9.17, 15) is 24.3 Å². The maximum Gasteiger partial charge on any atom is 0.312 e. The Labute approximate surface area is 265 Å². The van der Waals surface area contributed by atoms with Gasteiger partial charge in [0.25, 0.3) is 5.91 Å². The van der Waals surface area contributed by atoms with Gasteiger partial charge in [-0.3, -0.25) is 19.2 Å². The van der Waals surface area contributed by atoms with Gasteiger partial charge in [-0.25, -0.2) is 0 Å². The van der Waals surface area contributed by atoms with Crippen molar-refractivity contribution in [1.29, 1.82) is 0 Å². The van der Waals surface area contributed by atoms with Crippen molar-refractivity contribution in [3.8, 4) is 5.75 Å². The molecule has 3 aliphatic heterocycles. The molecule has 2 N–H and O–H groups in total. The van der Waals surface area contributed by atoms with Crippen LogP contribution in [0.3, 0.4) is 0 Å². The number of carbonyl (C=O) groups is 4. The van der Waals surface area contributed by atoms with Gasteiger partial charge in [0.2, 0.25) is 11.8 Å². The Bertz CT molecular complexity index is 1270. The van der Waals surface area contributed by atoms with Gasteiger partial charge in [0.15, 0.2) is 0 Å². The lowest BCUT2D eigenvalue weighted by atomic mass is 9.70. The SMILES string of the molecule is C=CCCC(=O)NC[C@@H](C)OC(=O)[C@@H]1[C@H]2C(=O)N([C@@H](CO)CC(C)C)[C@H](C(=O)N(CC=C)c3ccc(OC)cc3)[C@]23CC[C@H]1O3.